The Kier molecular flexibility index (Phi) is 7.39. The Balaban J connectivity index is 2.34. The molecule has 0 spiro atoms. The molecule has 2 unspecified atom stereocenters. The molecule has 0 heterocycles. The number of carbonyl (C=O) groups is 1. The molecule has 2 atom stereocenters. The lowest BCUT2D eigenvalue weighted by molar-refractivity contribution is -0.135. The van der Waals surface area contributed by atoms with Gasteiger partial charge in [0, 0.05) is 25.0 Å². The van der Waals surface area contributed by atoms with E-state index in [9.17, 15) is 4.79 Å². The Hall–Kier alpha value is -0.610. The second-order valence-electron chi connectivity index (χ2n) is 5.57. The molecule has 2 N–H and O–H groups in total. The first-order valence-electron chi connectivity index (χ1n) is 7.89. The molecule has 1 aliphatic rings. The standard InChI is InChI=1S/C15H31N3O/c1-4-17(5-2)10-7-11-18(6-3)15(19)13-8-9-14(16)12-13/h13-14H,4-12,16H2,1-3H3. The molecule has 0 saturated heterocycles. The van der Waals surface area contributed by atoms with Gasteiger partial charge in [-0.3, -0.25) is 4.79 Å². The van der Waals surface area contributed by atoms with Crippen LogP contribution >= 0.6 is 0 Å². The number of carbonyl (C=O) groups excluding carboxylic acids is 1. The lowest BCUT2D eigenvalue weighted by Crippen LogP contribution is -2.38. The number of hydrogen-bond donors (Lipinski definition) is 1. The van der Waals surface area contributed by atoms with Gasteiger partial charge in [0.1, 0.15) is 0 Å². The Morgan fingerprint density at radius 3 is 2.26 bits per heavy atom. The van der Waals surface area contributed by atoms with Crippen LogP contribution in [0, 0.1) is 5.92 Å². The summed E-state index contributed by atoms with van der Waals surface area (Å²) in [6, 6.07) is 0.239. The largest absolute Gasteiger partial charge is 0.343 e. The summed E-state index contributed by atoms with van der Waals surface area (Å²) < 4.78 is 0. The highest BCUT2D eigenvalue weighted by Gasteiger charge is 2.30. The van der Waals surface area contributed by atoms with Gasteiger partial charge in [0.2, 0.25) is 5.91 Å². The van der Waals surface area contributed by atoms with E-state index in [2.05, 4.69) is 25.7 Å². The summed E-state index contributed by atoms with van der Waals surface area (Å²) in [7, 11) is 0. The molecule has 0 aromatic heterocycles. The Morgan fingerprint density at radius 2 is 1.79 bits per heavy atom. The van der Waals surface area contributed by atoms with Crippen LogP contribution in [-0.2, 0) is 4.79 Å². The maximum absolute atomic E-state index is 12.4. The van der Waals surface area contributed by atoms with Crippen LogP contribution in [-0.4, -0.2) is 54.5 Å². The van der Waals surface area contributed by atoms with E-state index in [1.165, 1.54) is 0 Å². The van der Waals surface area contributed by atoms with E-state index >= 15 is 0 Å². The molecule has 0 bridgehead atoms. The lowest BCUT2D eigenvalue weighted by Gasteiger charge is -2.26. The first-order chi connectivity index (χ1) is 9.12. The highest BCUT2D eigenvalue weighted by atomic mass is 16.2. The molecule has 19 heavy (non-hydrogen) atoms. The average molecular weight is 269 g/mol. The number of amides is 1. The summed E-state index contributed by atoms with van der Waals surface area (Å²) in [5, 5.41) is 0. The van der Waals surface area contributed by atoms with Gasteiger partial charge in [0.15, 0.2) is 0 Å². The molecule has 1 rings (SSSR count). The molecule has 1 amide bonds. The van der Waals surface area contributed by atoms with Crippen molar-refractivity contribution < 1.29 is 4.79 Å². The Bertz CT molecular complexity index is 266. The third-order valence-corrected chi connectivity index (χ3v) is 4.31. The molecule has 1 fully saturated rings. The zero-order chi connectivity index (χ0) is 14.3. The summed E-state index contributed by atoms with van der Waals surface area (Å²) in [5.41, 5.74) is 5.90. The summed E-state index contributed by atoms with van der Waals surface area (Å²) >= 11 is 0. The van der Waals surface area contributed by atoms with Crippen molar-refractivity contribution in [3.8, 4) is 0 Å². The van der Waals surface area contributed by atoms with Crippen molar-refractivity contribution in [2.75, 3.05) is 32.7 Å². The predicted molar refractivity (Wildman–Crippen MR) is 80.0 cm³/mol. The molecular weight excluding hydrogens is 238 g/mol. The third kappa shape index (κ3) is 5.11. The SMILES string of the molecule is CCN(CC)CCCN(CC)C(=O)C1CCC(N)C1. The first-order valence-corrected chi connectivity index (χ1v) is 7.89. The summed E-state index contributed by atoms with van der Waals surface area (Å²) in [5.74, 6) is 0.512. The maximum atomic E-state index is 12.4. The van der Waals surface area contributed by atoms with E-state index in [0.29, 0.717) is 5.91 Å². The van der Waals surface area contributed by atoms with E-state index in [4.69, 9.17) is 5.73 Å². The minimum absolute atomic E-state index is 0.184. The second kappa shape index (κ2) is 8.54. The van der Waals surface area contributed by atoms with Crippen molar-refractivity contribution in [1.82, 2.24) is 9.80 Å². The van der Waals surface area contributed by atoms with Gasteiger partial charge in [-0.15, -0.1) is 0 Å². The summed E-state index contributed by atoms with van der Waals surface area (Å²) in [4.78, 5) is 16.8. The molecule has 4 heteroatoms. The van der Waals surface area contributed by atoms with Crippen LogP contribution in [0.3, 0.4) is 0 Å². The van der Waals surface area contributed by atoms with Crippen molar-refractivity contribution >= 4 is 5.91 Å². The van der Waals surface area contributed by atoms with Gasteiger partial charge in [0.25, 0.3) is 0 Å². The van der Waals surface area contributed by atoms with E-state index in [1.807, 2.05) is 4.90 Å². The molecular formula is C15H31N3O. The van der Waals surface area contributed by atoms with Gasteiger partial charge in [-0.2, -0.15) is 0 Å². The van der Waals surface area contributed by atoms with E-state index in [1.54, 1.807) is 0 Å². The molecule has 0 aromatic rings. The van der Waals surface area contributed by atoms with Gasteiger partial charge in [-0.05, 0) is 52.2 Å². The lowest BCUT2D eigenvalue weighted by atomic mass is 10.1. The fourth-order valence-electron chi connectivity index (χ4n) is 2.95. The molecule has 112 valence electrons. The monoisotopic (exact) mass is 269 g/mol. The highest BCUT2D eigenvalue weighted by molar-refractivity contribution is 5.79. The minimum Gasteiger partial charge on any atom is -0.343 e. The van der Waals surface area contributed by atoms with Crippen LogP contribution < -0.4 is 5.73 Å². The van der Waals surface area contributed by atoms with Crippen LogP contribution in [0.1, 0.15) is 46.5 Å². The number of nitrogens with zero attached hydrogens (tertiary/aromatic N) is 2. The molecule has 0 aromatic carbocycles. The topological polar surface area (TPSA) is 49.6 Å². The fourth-order valence-corrected chi connectivity index (χ4v) is 2.95. The van der Waals surface area contributed by atoms with E-state index in [0.717, 1.165) is 58.4 Å². The normalized spacial score (nSPS) is 23.0. The molecule has 1 saturated carbocycles. The average Bonchev–Trinajstić information content (AvgIpc) is 2.85. The van der Waals surface area contributed by atoms with Crippen LogP contribution in [0.25, 0.3) is 0 Å². The zero-order valence-electron chi connectivity index (χ0n) is 12.9. The molecule has 0 aliphatic heterocycles. The molecule has 4 nitrogen and oxygen atoms in total. The van der Waals surface area contributed by atoms with Crippen molar-refractivity contribution in [2.45, 2.75) is 52.5 Å². The first kappa shape index (κ1) is 16.4. The Labute approximate surface area is 118 Å². The van der Waals surface area contributed by atoms with Crippen molar-refractivity contribution in [1.29, 1.82) is 0 Å². The van der Waals surface area contributed by atoms with E-state index < -0.39 is 0 Å². The predicted octanol–water partition coefficient (Wildman–Crippen LogP) is 1.69. The number of rotatable bonds is 8. The van der Waals surface area contributed by atoms with Gasteiger partial charge in [0.05, 0.1) is 0 Å². The maximum Gasteiger partial charge on any atom is 0.225 e. The highest BCUT2D eigenvalue weighted by Crippen LogP contribution is 2.26. The van der Waals surface area contributed by atoms with Crippen molar-refractivity contribution in [2.24, 2.45) is 11.7 Å². The molecule has 1 aliphatic carbocycles. The van der Waals surface area contributed by atoms with Crippen LogP contribution in [0.2, 0.25) is 0 Å². The van der Waals surface area contributed by atoms with Crippen molar-refractivity contribution in [3.05, 3.63) is 0 Å². The zero-order valence-corrected chi connectivity index (χ0v) is 12.9. The smallest absolute Gasteiger partial charge is 0.225 e. The molecule has 0 radical (unpaired) electrons. The minimum atomic E-state index is 0.184. The second-order valence-corrected chi connectivity index (χ2v) is 5.57. The van der Waals surface area contributed by atoms with Crippen LogP contribution in [0.5, 0.6) is 0 Å². The number of nitrogens with two attached hydrogens (primary N) is 1. The van der Waals surface area contributed by atoms with Gasteiger partial charge in [-0.25, -0.2) is 0 Å². The quantitative estimate of drug-likeness (QED) is 0.729. The van der Waals surface area contributed by atoms with E-state index in [-0.39, 0.29) is 12.0 Å². The summed E-state index contributed by atoms with van der Waals surface area (Å²) in [6.45, 7) is 11.4. The van der Waals surface area contributed by atoms with Gasteiger partial charge < -0.3 is 15.5 Å². The fraction of sp³-hybridized carbons (Fsp3) is 0.933. The van der Waals surface area contributed by atoms with Gasteiger partial charge >= 0.3 is 0 Å². The van der Waals surface area contributed by atoms with Gasteiger partial charge in [-0.1, -0.05) is 13.8 Å². The third-order valence-electron chi connectivity index (χ3n) is 4.31. The van der Waals surface area contributed by atoms with Crippen LogP contribution in [0.15, 0.2) is 0 Å². The van der Waals surface area contributed by atoms with Crippen LogP contribution in [0.4, 0.5) is 0 Å². The van der Waals surface area contributed by atoms with Crippen molar-refractivity contribution in [3.63, 3.8) is 0 Å². The number of hydrogen-bond acceptors (Lipinski definition) is 3. The Morgan fingerprint density at radius 1 is 1.11 bits per heavy atom. The summed E-state index contributed by atoms with van der Waals surface area (Å²) in [6.07, 6.45) is 3.94.